The Balaban J connectivity index is 3.01. The molecule has 0 bridgehead atoms. The van der Waals surface area contributed by atoms with Gasteiger partial charge >= 0.3 is 0 Å². The van der Waals surface area contributed by atoms with Crippen LogP contribution in [0.3, 0.4) is 0 Å². The molecular formula is C28H46N4O4. The summed E-state index contributed by atoms with van der Waals surface area (Å²) in [7, 11) is 0. The van der Waals surface area contributed by atoms with Crippen molar-refractivity contribution in [2.75, 3.05) is 6.54 Å². The lowest BCUT2D eigenvalue weighted by atomic mass is 9.82. The maximum Gasteiger partial charge on any atom is 0.257 e. The third-order valence-electron chi connectivity index (χ3n) is 6.13. The lowest BCUT2D eigenvalue weighted by Crippen LogP contribution is -2.54. The number of nitrogens with one attached hydrogen (secondary N) is 2. The van der Waals surface area contributed by atoms with Crippen molar-refractivity contribution in [1.29, 1.82) is 0 Å². The first-order valence-electron chi connectivity index (χ1n) is 13.2. The summed E-state index contributed by atoms with van der Waals surface area (Å²) in [5.74, 6) is -2.86. The Hall–Kier alpha value is -2.71. The van der Waals surface area contributed by atoms with E-state index in [0.29, 0.717) is 13.0 Å². The van der Waals surface area contributed by atoms with Gasteiger partial charge in [0.25, 0.3) is 5.91 Å². The lowest BCUT2D eigenvalue weighted by molar-refractivity contribution is -0.147. The molecule has 1 aromatic rings. The van der Waals surface area contributed by atoms with Gasteiger partial charge in [-0.3, -0.25) is 30.0 Å². The number of hydrogen-bond acceptors (Lipinski definition) is 5. The second kappa shape index (κ2) is 17.7. The molecular weight excluding hydrogens is 456 g/mol. The Labute approximate surface area is 216 Å². The van der Waals surface area contributed by atoms with Crippen LogP contribution < -0.4 is 16.6 Å². The number of nitrogens with two attached hydrogens (primary N) is 1. The number of nitrogens with zero attached hydrogens (tertiary/aromatic N) is 1. The highest BCUT2D eigenvalue weighted by Crippen LogP contribution is 2.25. The van der Waals surface area contributed by atoms with Crippen LogP contribution in [0.2, 0.25) is 0 Å². The fourth-order valence-corrected chi connectivity index (χ4v) is 4.15. The van der Waals surface area contributed by atoms with E-state index in [1.165, 1.54) is 11.4 Å². The van der Waals surface area contributed by atoms with Crippen molar-refractivity contribution < 1.29 is 19.6 Å². The fourth-order valence-electron chi connectivity index (χ4n) is 4.15. The van der Waals surface area contributed by atoms with E-state index in [1.807, 2.05) is 56.3 Å². The van der Waals surface area contributed by atoms with Crippen molar-refractivity contribution in [3.05, 3.63) is 42.0 Å². The van der Waals surface area contributed by atoms with Crippen molar-refractivity contribution in [3.8, 4) is 0 Å². The van der Waals surface area contributed by atoms with Crippen LogP contribution in [0.5, 0.6) is 0 Å². The van der Waals surface area contributed by atoms with Gasteiger partial charge in [0, 0.05) is 6.54 Å². The number of amides is 3. The second-order valence-corrected chi connectivity index (χ2v) is 9.89. The molecule has 5 N–H and O–H groups in total. The summed E-state index contributed by atoms with van der Waals surface area (Å²) in [4.78, 5) is 38.8. The number of hydrazine groups is 1. The van der Waals surface area contributed by atoms with Gasteiger partial charge < -0.3 is 5.73 Å². The van der Waals surface area contributed by atoms with Crippen LogP contribution in [0, 0.1) is 17.8 Å². The van der Waals surface area contributed by atoms with E-state index in [-0.39, 0.29) is 18.2 Å². The van der Waals surface area contributed by atoms with E-state index in [0.717, 1.165) is 37.7 Å². The van der Waals surface area contributed by atoms with Gasteiger partial charge in [-0.15, -0.1) is 0 Å². The number of carbonyl (C=O) groups is 3. The smallest absolute Gasteiger partial charge is 0.257 e. The van der Waals surface area contributed by atoms with Crippen LogP contribution in [0.25, 0.3) is 6.08 Å². The second-order valence-electron chi connectivity index (χ2n) is 9.89. The van der Waals surface area contributed by atoms with Gasteiger partial charge in [-0.1, -0.05) is 95.4 Å². The summed E-state index contributed by atoms with van der Waals surface area (Å²) in [6.45, 7) is 8.04. The van der Waals surface area contributed by atoms with E-state index in [2.05, 4.69) is 12.3 Å². The number of allylic oxidation sites excluding steroid dienone is 1. The molecule has 0 aliphatic rings. The van der Waals surface area contributed by atoms with Gasteiger partial charge in [-0.25, -0.2) is 5.48 Å². The highest BCUT2D eigenvalue weighted by atomic mass is 16.5. The Kier molecular flexibility index (Phi) is 15.4. The van der Waals surface area contributed by atoms with Crippen molar-refractivity contribution >= 4 is 23.8 Å². The van der Waals surface area contributed by atoms with Crippen LogP contribution in [0.4, 0.5) is 0 Å². The van der Waals surface area contributed by atoms with Gasteiger partial charge in [0.15, 0.2) is 0 Å². The normalized spacial score (nSPS) is 13.9. The molecule has 0 spiro atoms. The zero-order valence-electron chi connectivity index (χ0n) is 22.4. The van der Waals surface area contributed by atoms with Crippen LogP contribution in [-0.4, -0.2) is 40.5 Å². The number of hydroxylamine groups is 1. The predicted octanol–water partition coefficient (Wildman–Crippen LogP) is 4.44. The molecule has 8 nitrogen and oxygen atoms in total. The largest absolute Gasteiger partial charge is 0.320 e. The van der Waals surface area contributed by atoms with Crippen molar-refractivity contribution in [2.24, 2.45) is 23.5 Å². The van der Waals surface area contributed by atoms with Crippen molar-refractivity contribution in [1.82, 2.24) is 15.9 Å². The quantitative estimate of drug-likeness (QED) is 0.151. The molecule has 1 rings (SSSR count). The van der Waals surface area contributed by atoms with Crippen LogP contribution in [-0.2, 0) is 14.4 Å². The Morgan fingerprint density at radius 2 is 1.61 bits per heavy atom. The Bertz CT molecular complexity index is 811. The molecule has 0 aliphatic heterocycles. The number of carbonyl (C=O) groups excluding carboxylic acids is 3. The van der Waals surface area contributed by atoms with Gasteiger partial charge in [0.2, 0.25) is 11.8 Å². The van der Waals surface area contributed by atoms with Crippen LogP contribution in [0.1, 0.15) is 84.6 Å². The SMILES string of the molecule is CCCCCCCCN(NC(=O)[C@H](CC(C)C)[C@H](CC=Cc1ccccc1)C(=O)NO)C(=O)[C@@H](C)N. The van der Waals surface area contributed by atoms with Crippen LogP contribution in [0.15, 0.2) is 36.4 Å². The average Bonchev–Trinajstić information content (AvgIpc) is 2.86. The van der Waals surface area contributed by atoms with E-state index in [4.69, 9.17) is 5.73 Å². The molecule has 0 saturated heterocycles. The molecule has 0 fully saturated rings. The van der Waals surface area contributed by atoms with Gasteiger partial charge in [0.1, 0.15) is 0 Å². The van der Waals surface area contributed by atoms with Gasteiger partial charge in [-0.05, 0) is 37.7 Å². The zero-order valence-corrected chi connectivity index (χ0v) is 22.4. The van der Waals surface area contributed by atoms with Crippen molar-refractivity contribution in [2.45, 2.75) is 85.1 Å². The molecule has 8 heteroatoms. The molecule has 3 atom stereocenters. The third kappa shape index (κ3) is 11.8. The predicted molar refractivity (Wildman–Crippen MR) is 143 cm³/mol. The first-order chi connectivity index (χ1) is 17.2. The minimum Gasteiger partial charge on any atom is -0.320 e. The molecule has 36 heavy (non-hydrogen) atoms. The zero-order chi connectivity index (χ0) is 26.9. The summed E-state index contributed by atoms with van der Waals surface area (Å²) >= 11 is 0. The van der Waals surface area contributed by atoms with E-state index < -0.39 is 29.7 Å². The van der Waals surface area contributed by atoms with E-state index in [1.54, 1.807) is 12.4 Å². The summed E-state index contributed by atoms with van der Waals surface area (Å²) in [5.41, 5.74) is 11.3. The monoisotopic (exact) mass is 502 g/mol. The van der Waals surface area contributed by atoms with E-state index >= 15 is 0 Å². The summed E-state index contributed by atoms with van der Waals surface area (Å²) in [6.07, 6.45) is 10.6. The third-order valence-corrected chi connectivity index (χ3v) is 6.13. The summed E-state index contributed by atoms with van der Waals surface area (Å²) < 4.78 is 0. The highest BCUT2D eigenvalue weighted by Gasteiger charge is 2.35. The molecule has 0 aromatic heterocycles. The summed E-state index contributed by atoms with van der Waals surface area (Å²) in [5, 5.41) is 10.7. The molecule has 202 valence electrons. The topological polar surface area (TPSA) is 125 Å². The summed E-state index contributed by atoms with van der Waals surface area (Å²) in [6, 6.07) is 8.87. The first-order valence-corrected chi connectivity index (χ1v) is 13.2. The molecule has 0 unspecified atom stereocenters. The molecule has 1 aromatic carbocycles. The van der Waals surface area contributed by atoms with Crippen LogP contribution >= 0.6 is 0 Å². The molecule has 0 saturated carbocycles. The minimum atomic E-state index is -0.807. The number of hydrogen-bond donors (Lipinski definition) is 4. The lowest BCUT2D eigenvalue weighted by Gasteiger charge is -2.30. The Morgan fingerprint density at radius 1 is 0.972 bits per heavy atom. The van der Waals surface area contributed by atoms with Gasteiger partial charge in [-0.2, -0.15) is 0 Å². The molecule has 3 amide bonds. The average molecular weight is 503 g/mol. The Morgan fingerprint density at radius 3 is 2.19 bits per heavy atom. The number of benzene rings is 1. The van der Waals surface area contributed by atoms with Gasteiger partial charge in [0.05, 0.1) is 17.9 Å². The molecule has 0 radical (unpaired) electrons. The maximum absolute atomic E-state index is 13.5. The maximum atomic E-state index is 13.5. The molecule has 0 aliphatic carbocycles. The highest BCUT2D eigenvalue weighted by molar-refractivity contribution is 5.89. The first kappa shape index (κ1) is 31.3. The minimum absolute atomic E-state index is 0.115. The fraction of sp³-hybridized carbons (Fsp3) is 0.607. The number of unbranched alkanes of at least 4 members (excludes halogenated alkanes) is 5. The molecule has 0 heterocycles. The standard InChI is InChI=1S/C28H46N4O4/c1-5-6-7-8-9-13-19-32(28(35)22(4)29)30-26(33)25(20-21(2)3)24(27(34)31-36)18-14-17-23-15-11-10-12-16-23/h10-12,14-17,21-22,24-25,36H,5-9,13,18-20,29H2,1-4H3,(H,30,33)(H,31,34)/t22-,24+,25-/m1/s1. The number of rotatable bonds is 16. The van der Waals surface area contributed by atoms with E-state index in [9.17, 15) is 19.6 Å². The van der Waals surface area contributed by atoms with Crippen molar-refractivity contribution in [3.63, 3.8) is 0 Å².